The molecule has 4 nitrogen and oxygen atoms in total. The fraction of sp³-hybridized carbons (Fsp3) is 0.250. The third-order valence-electron chi connectivity index (χ3n) is 2.30. The SMILES string of the molecule is Cc1cnc(-c2nc(CC(=O)O)cs2)c(C)c1. The monoisotopic (exact) mass is 248 g/mol. The summed E-state index contributed by atoms with van der Waals surface area (Å²) in [6.07, 6.45) is 1.75. The van der Waals surface area contributed by atoms with Crippen LogP contribution >= 0.6 is 11.3 Å². The van der Waals surface area contributed by atoms with E-state index < -0.39 is 5.97 Å². The number of carboxylic acids is 1. The average molecular weight is 248 g/mol. The Morgan fingerprint density at radius 1 is 1.47 bits per heavy atom. The minimum Gasteiger partial charge on any atom is -0.481 e. The molecule has 0 fully saturated rings. The van der Waals surface area contributed by atoms with Crippen molar-refractivity contribution in [3.8, 4) is 10.7 Å². The van der Waals surface area contributed by atoms with Gasteiger partial charge in [-0.1, -0.05) is 6.07 Å². The van der Waals surface area contributed by atoms with Crippen LogP contribution in [0.4, 0.5) is 0 Å². The second-order valence-electron chi connectivity index (χ2n) is 3.89. The molecule has 17 heavy (non-hydrogen) atoms. The Morgan fingerprint density at radius 3 is 2.88 bits per heavy atom. The molecule has 0 aliphatic rings. The molecule has 0 spiro atoms. The minimum atomic E-state index is -0.865. The molecule has 5 heteroatoms. The van der Waals surface area contributed by atoms with E-state index in [1.54, 1.807) is 11.6 Å². The lowest BCUT2D eigenvalue weighted by molar-refractivity contribution is -0.136. The van der Waals surface area contributed by atoms with Gasteiger partial charge in [0.1, 0.15) is 10.7 Å². The maximum Gasteiger partial charge on any atom is 0.309 e. The molecule has 2 aromatic heterocycles. The van der Waals surface area contributed by atoms with E-state index in [-0.39, 0.29) is 6.42 Å². The number of hydrogen-bond donors (Lipinski definition) is 1. The molecule has 2 aromatic rings. The number of hydrogen-bond acceptors (Lipinski definition) is 4. The molecule has 0 radical (unpaired) electrons. The fourth-order valence-electron chi connectivity index (χ4n) is 1.59. The van der Waals surface area contributed by atoms with Gasteiger partial charge in [-0.25, -0.2) is 4.98 Å². The molecule has 88 valence electrons. The van der Waals surface area contributed by atoms with E-state index in [0.29, 0.717) is 5.69 Å². The molecule has 0 bridgehead atoms. The Morgan fingerprint density at radius 2 is 2.24 bits per heavy atom. The molecule has 0 amide bonds. The molecular weight excluding hydrogens is 236 g/mol. The van der Waals surface area contributed by atoms with Crippen molar-refractivity contribution in [2.24, 2.45) is 0 Å². The van der Waals surface area contributed by atoms with Gasteiger partial charge in [0.05, 0.1) is 12.1 Å². The molecular formula is C12H12N2O2S. The summed E-state index contributed by atoms with van der Waals surface area (Å²) in [5.41, 5.74) is 3.58. The highest BCUT2D eigenvalue weighted by Gasteiger charge is 2.10. The van der Waals surface area contributed by atoms with E-state index >= 15 is 0 Å². The lowest BCUT2D eigenvalue weighted by Gasteiger charge is -2.01. The summed E-state index contributed by atoms with van der Waals surface area (Å²) in [4.78, 5) is 19.2. The van der Waals surface area contributed by atoms with Crippen LogP contribution < -0.4 is 0 Å². The topological polar surface area (TPSA) is 63.1 Å². The first-order valence-corrected chi connectivity index (χ1v) is 6.04. The van der Waals surface area contributed by atoms with E-state index in [0.717, 1.165) is 21.8 Å². The van der Waals surface area contributed by atoms with Gasteiger partial charge in [-0.2, -0.15) is 0 Å². The van der Waals surface area contributed by atoms with Gasteiger partial charge in [0.2, 0.25) is 0 Å². The van der Waals surface area contributed by atoms with Crippen LogP contribution in [0, 0.1) is 13.8 Å². The van der Waals surface area contributed by atoms with Gasteiger partial charge in [0.15, 0.2) is 0 Å². The van der Waals surface area contributed by atoms with Crippen LogP contribution in [0.25, 0.3) is 10.7 Å². The predicted octanol–water partition coefficient (Wildman–Crippen LogP) is 2.45. The number of rotatable bonds is 3. The first-order valence-electron chi connectivity index (χ1n) is 5.16. The molecule has 0 unspecified atom stereocenters. The Labute approximate surface area is 103 Å². The number of nitrogens with zero attached hydrogens (tertiary/aromatic N) is 2. The van der Waals surface area contributed by atoms with Gasteiger partial charge in [-0.15, -0.1) is 11.3 Å². The molecule has 1 N–H and O–H groups in total. The van der Waals surface area contributed by atoms with Crippen molar-refractivity contribution >= 4 is 17.3 Å². The molecule has 0 aliphatic heterocycles. The second-order valence-corrected chi connectivity index (χ2v) is 4.75. The van der Waals surface area contributed by atoms with Crippen molar-refractivity contribution in [1.82, 2.24) is 9.97 Å². The number of carboxylic acid groups (broad SMARTS) is 1. The molecule has 0 atom stereocenters. The van der Waals surface area contributed by atoms with Crippen LogP contribution in [0.15, 0.2) is 17.6 Å². The van der Waals surface area contributed by atoms with Gasteiger partial charge >= 0.3 is 5.97 Å². The molecule has 0 saturated carbocycles. The number of aryl methyl sites for hydroxylation is 2. The van der Waals surface area contributed by atoms with Crippen molar-refractivity contribution in [2.45, 2.75) is 20.3 Å². The largest absolute Gasteiger partial charge is 0.481 e. The highest BCUT2D eigenvalue weighted by atomic mass is 32.1. The van der Waals surface area contributed by atoms with Crippen molar-refractivity contribution < 1.29 is 9.90 Å². The summed E-state index contributed by atoms with van der Waals surface area (Å²) in [6, 6.07) is 2.04. The number of thiazole rings is 1. The molecule has 0 aliphatic carbocycles. The zero-order valence-corrected chi connectivity index (χ0v) is 10.4. The zero-order valence-electron chi connectivity index (χ0n) is 9.60. The number of carbonyl (C=O) groups is 1. The lowest BCUT2D eigenvalue weighted by Crippen LogP contribution is -2.00. The molecule has 0 saturated heterocycles. The van der Waals surface area contributed by atoms with Crippen LogP contribution in [0.2, 0.25) is 0 Å². The molecule has 2 rings (SSSR count). The van der Waals surface area contributed by atoms with E-state index in [1.807, 2.05) is 19.9 Å². The Hall–Kier alpha value is -1.75. The quantitative estimate of drug-likeness (QED) is 0.906. The highest BCUT2D eigenvalue weighted by Crippen LogP contribution is 2.25. The van der Waals surface area contributed by atoms with E-state index in [4.69, 9.17) is 5.11 Å². The maximum atomic E-state index is 10.6. The fourth-order valence-corrected chi connectivity index (χ4v) is 2.47. The minimum absolute atomic E-state index is 0.0403. The predicted molar refractivity (Wildman–Crippen MR) is 66.2 cm³/mol. The highest BCUT2D eigenvalue weighted by molar-refractivity contribution is 7.13. The summed E-state index contributed by atoms with van der Waals surface area (Å²) in [5, 5.41) is 11.2. The van der Waals surface area contributed by atoms with Crippen LogP contribution in [-0.4, -0.2) is 21.0 Å². The Bertz CT molecular complexity index is 563. The zero-order chi connectivity index (χ0) is 12.4. The Balaban J connectivity index is 2.33. The smallest absolute Gasteiger partial charge is 0.309 e. The average Bonchev–Trinajstić information content (AvgIpc) is 2.65. The summed E-state index contributed by atoms with van der Waals surface area (Å²) >= 11 is 1.43. The van der Waals surface area contributed by atoms with Crippen LogP contribution in [0.1, 0.15) is 16.8 Å². The molecule has 2 heterocycles. The normalized spacial score (nSPS) is 10.5. The van der Waals surface area contributed by atoms with Gasteiger partial charge < -0.3 is 5.11 Å². The van der Waals surface area contributed by atoms with Crippen molar-refractivity contribution in [3.05, 3.63) is 34.5 Å². The van der Waals surface area contributed by atoms with E-state index in [9.17, 15) is 4.79 Å². The van der Waals surface area contributed by atoms with Crippen LogP contribution in [0.3, 0.4) is 0 Å². The third kappa shape index (κ3) is 2.68. The van der Waals surface area contributed by atoms with Crippen molar-refractivity contribution in [3.63, 3.8) is 0 Å². The number of aliphatic carboxylic acids is 1. The van der Waals surface area contributed by atoms with Crippen LogP contribution in [0.5, 0.6) is 0 Å². The summed E-state index contributed by atoms with van der Waals surface area (Å²) in [6.45, 7) is 3.97. The Kier molecular flexibility index (Phi) is 3.19. The maximum absolute atomic E-state index is 10.6. The summed E-state index contributed by atoms with van der Waals surface area (Å²) < 4.78 is 0. The molecule has 0 aromatic carbocycles. The standard InChI is InChI=1S/C12H12N2O2S/c1-7-3-8(2)11(13-5-7)12-14-9(6-17-12)4-10(15)16/h3,5-6H,4H2,1-2H3,(H,15,16). The number of aromatic nitrogens is 2. The first-order chi connectivity index (χ1) is 8.06. The van der Waals surface area contributed by atoms with E-state index in [2.05, 4.69) is 9.97 Å². The summed E-state index contributed by atoms with van der Waals surface area (Å²) in [5.74, 6) is -0.865. The van der Waals surface area contributed by atoms with Gasteiger partial charge in [0, 0.05) is 11.6 Å². The van der Waals surface area contributed by atoms with Gasteiger partial charge in [-0.05, 0) is 25.0 Å². The number of pyridine rings is 1. The summed E-state index contributed by atoms with van der Waals surface area (Å²) in [7, 11) is 0. The van der Waals surface area contributed by atoms with Crippen LogP contribution in [-0.2, 0) is 11.2 Å². The first kappa shape index (κ1) is 11.7. The van der Waals surface area contributed by atoms with Gasteiger partial charge in [0.25, 0.3) is 0 Å². The van der Waals surface area contributed by atoms with Crippen molar-refractivity contribution in [1.29, 1.82) is 0 Å². The third-order valence-corrected chi connectivity index (χ3v) is 3.20. The van der Waals surface area contributed by atoms with Crippen molar-refractivity contribution in [2.75, 3.05) is 0 Å². The van der Waals surface area contributed by atoms with Gasteiger partial charge in [-0.3, -0.25) is 9.78 Å². The van der Waals surface area contributed by atoms with E-state index in [1.165, 1.54) is 11.3 Å². The second kappa shape index (κ2) is 4.63. The lowest BCUT2D eigenvalue weighted by atomic mass is 10.2.